The van der Waals surface area contributed by atoms with Crippen LogP contribution in [0.5, 0.6) is 0 Å². The van der Waals surface area contributed by atoms with E-state index in [9.17, 15) is 0 Å². The Morgan fingerprint density at radius 3 is 1.17 bits per heavy atom. The number of hydrogen-bond donors (Lipinski definition) is 0. The van der Waals surface area contributed by atoms with Gasteiger partial charge in [-0.15, -0.1) is 0 Å². The smallest absolute Gasteiger partial charge is 0.137 e. The van der Waals surface area contributed by atoms with Crippen molar-refractivity contribution in [2.45, 2.75) is 0 Å². The van der Waals surface area contributed by atoms with Gasteiger partial charge in [0.05, 0.1) is 26.0 Å². The summed E-state index contributed by atoms with van der Waals surface area (Å²) in [6.07, 6.45) is 0. The summed E-state index contributed by atoms with van der Waals surface area (Å²) in [7, 11) is 0. The minimum absolute atomic E-state index is 0. The Balaban J connectivity index is 0. The summed E-state index contributed by atoms with van der Waals surface area (Å²) in [6, 6.07) is 0. The van der Waals surface area contributed by atoms with Crippen LogP contribution in [0.15, 0.2) is 0 Å². The van der Waals surface area contributed by atoms with Gasteiger partial charge >= 0.3 is 0 Å². The molecule has 3 heteroatoms. The highest BCUT2D eigenvalue weighted by Gasteiger charge is 2.08. The maximum absolute atomic E-state index is 3.49. The third-order valence-corrected chi connectivity index (χ3v) is 0. The van der Waals surface area contributed by atoms with E-state index in [-0.39, 0.29) is 17.0 Å². The molecule has 0 heterocycles. The molecule has 0 rings (SSSR count). The van der Waals surface area contributed by atoms with Crippen LogP contribution in [0.25, 0.3) is 0 Å². The zero-order valence-electron chi connectivity index (χ0n) is 4.20. The highest BCUT2D eigenvalue weighted by molar-refractivity contribution is 9.42. The van der Waals surface area contributed by atoms with Gasteiger partial charge in [0, 0.05) is 0 Å². The minimum atomic E-state index is -0.576. The molecule has 0 atom stereocenters. The summed E-state index contributed by atoms with van der Waals surface area (Å²) in [5, 5.41) is 0. The van der Waals surface area contributed by atoms with Gasteiger partial charge in [-0.3, -0.25) is 0 Å². The van der Waals surface area contributed by atoms with Crippen LogP contribution in [-0.2, 0) is 0 Å². The lowest BCUT2D eigenvalue weighted by molar-refractivity contribution is -0.00000121. The fourth-order valence-electron chi connectivity index (χ4n) is 0. The Bertz CT molecular complexity index is 24.3. The van der Waals surface area contributed by atoms with E-state index in [0.29, 0.717) is 0 Å². The first-order chi connectivity index (χ1) is 2.00. The van der Waals surface area contributed by atoms with Crippen LogP contribution in [0, 0.1) is 0 Å². The summed E-state index contributed by atoms with van der Waals surface area (Å²) in [5.74, 6) is -0.576. The summed E-state index contributed by atoms with van der Waals surface area (Å²) in [4.78, 5) is 0. The molecule has 40 valence electrons. The highest BCUT2D eigenvalue weighted by Crippen LogP contribution is 2.54. The quantitative estimate of drug-likeness (QED) is 0.483. The van der Waals surface area contributed by atoms with E-state index in [0.717, 1.165) is 0 Å². The van der Waals surface area contributed by atoms with E-state index in [1.807, 2.05) is 0 Å². The standard InChI is InChI=1S/C3H9BrP.BrH/c1-5(2,3)4;/h1-3H3;1H/q+1;/p-1. The fraction of sp³-hybridized carbons (Fsp3) is 1.00. The van der Waals surface area contributed by atoms with Crippen molar-refractivity contribution >= 4 is 21.5 Å². The molecule has 0 unspecified atom stereocenters. The molecule has 0 spiro atoms. The van der Waals surface area contributed by atoms with E-state index in [4.69, 9.17) is 0 Å². The van der Waals surface area contributed by atoms with E-state index in [1.165, 1.54) is 0 Å². The van der Waals surface area contributed by atoms with Gasteiger partial charge in [0.2, 0.25) is 0 Å². The Morgan fingerprint density at radius 2 is 1.17 bits per heavy atom. The molecular formula is C3H9Br2P. The maximum atomic E-state index is 3.49. The second kappa shape index (κ2) is 3.40. The molecule has 0 saturated carbocycles. The van der Waals surface area contributed by atoms with Crippen LogP contribution in [0.3, 0.4) is 0 Å². The Hall–Kier alpha value is 1.39. The molecule has 0 aromatic heterocycles. The Kier molecular flexibility index (Phi) is 5.88. The summed E-state index contributed by atoms with van der Waals surface area (Å²) < 4.78 is 0. The van der Waals surface area contributed by atoms with Gasteiger partial charge in [-0.25, -0.2) is 0 Å². The lowest BCUT2D eigenvalue weighted by Gasteiger charge is -1.92. The average Bonchev–Trinajstić information content (AvgIpc) is 0.722. The van der Waals surface area contributed by atoms with Gasteiger partial charge in [-0.2, -0.15) is 0 Å². The van der Waals surface area contributed by atoms with Crippen molar-refractivity contribution in [1.82, 2.24) is 0 Å². The summed E-state index contributed by atoms with van der Waals surface area (Å²) >= 11 is 3.49. The lowest BCUT2D eigenvalue weighted by Crippen LogP contribution is -3.00. The van der Waals surface area contributed by atoms with Gasteiger partial charge in [0.1, 0.15) is 15.5 Å². The van der Waals surface area contributed by atoms with Crippen molar-refractivity contribution in [2.75, 3.05) is 20.0 Å². The largest absolute Gasteiger partial charge is 1.00 e. The second-order valence-electron chi connectivity index (χ2n) is 1.85. The molecule has 0 radical (unpaired) electrons. The highest BCUT2D eigenvalue weighted by atomic mass is 79.9. The topological polar surface area (TPSA) is 0 Å². The third-order valence-electron chi connectivity index (χ3n) is 0. The maximum Gasteiger partial charge on any atom is 0.137 e. The molecule has 0 aliphatic heterocycles. The van der Waals surface area contributed by atoms with Crippen LogP contribution in [0.2, 0.25) is 0 Å². The first-order valence-corrected chi connectivity index (χ1v) is 6.66. The van der Waals surface area contributed by atoms with Crippen molar-refractivity contribution in [3.8, 4) is 0 Å². The molecule has 0 bridgehead atoms. The van der Waals surface area contributed by atoms with E-state index >= 15 is 0 Å². The van der Waals surface area contributed by atoms with E-state index < -0.39 is 5.96 Å². The SMILES string of the molecule is C[P+](C)(C)Br.[Br-]. The number of halogens is 2. The second-order valence-corrected chi connectivity index (χ2v) is 11.9. The molecule has 0 aromatic carbocycles. The predicted octanol–water partition coefficient (Wildman–Crippen LogP) is -0.793. The molecule has 0 N–H and O–H groups in total. The van der Waals surface area contributed by atoms with Gasteiger partial charge < -0.3 is 17.0 Å². The van der Waals surface area contributed by atoms with Crippen molar-refractivity contribution in [1.29, 1.82) is 0 Å². The van der Waals surface area contributed by atoms with Crippen LogP contribution in [0.1, 0.15) is 0 Å². The van der Waals surface area contributed by atoms with Crippen molar-refractivity contribution in [3.05, 3.63) is 0 Å². The van der Waals surface area contributed by atoms with Crippen molar-refractivity contribution in [2.24, 2.45) is 0 Å². The third kappa shape index (κ3) is 53.8. The summed E-state index contributed by atoms with van der Waals surface area (Å²) in [6.45, 7) is 6.65. The van der Waals surface area contributed by atoms with Crippen molar-refractivity contribution < 1.29 is 17.0 Å². The van der Waals surface area contributed by atoms with Crippen LogP contribution in [-0.4, -0.2) is 20.0 Å². The first-order valence-electron chi connectivity index (χ1n) is 1.51. The molecule has 0 amide bonds. The van der Waals surface area contributed by atoms with Crippen LogP contribution in [0.4, 0.5) is 0 Å². The molecular weight excluding hydrogens is 227 g/mol. The summed E-state index contributed by atoms with van der Waals surface area (Å²) in [5.41, 5.74) is 0. The number of rotatable bonds is 0. The number of hydrogen-bond acceptors (Lipinski definition) is 0. The first kappa shape index (κ1) is 10.4. The van der Waals surface area contributed by atoms with E-state index in [2.05, 4.69) is 35.5 Å². The van der Waals surface area contributed by atoms with E-state index in [1.54, 1.807) is 0 Å². The fourth-order valence-corrected chi connectivity index (χ4v) is 0. The predicted molar refractivity (Wildman–Crippen MR) is 33.6 cm³/mol. The van der Waals surface area contributed by atoms with Crippen LogP contribution >= 0.6 is 21.5 Å². The van der Waals surface area contributed by atoms with Gasteiger partial charge in [0.25, 0.3) is 0 Å². The van der Waals surface area contributed by atoms with Crippen LogP contribution < -0.4 is 17.0 Å². The molecule has 0 saturated heterocycles. The van der Waals surface area contributed by atoms with Gasteiger partial charge in [0.15, 0.2) is 0 Å². The Labute approximate surface area is 58.5 Å². The van der Waals surface area contributed by atoms with Crippen molar-refractivity contribution in [3.63, 3.8) is 0 Å². The lowest BCUT2D eigenvalue weighted by atomic mass is 11.9. The normalized spacial score (nSPS) is 10.0. The molecule has 0 aromatic rings. The molecule has 0 aliphatic rings. The molecule has 0 nitrogen and oxygen atoms in total. The monoisotopic (exact) mass is 234 g/mol. The van der Waals surface area contributed by atoms with Gasteiger partial charge in [-0.05, 0) is 0 Å². The minimum Gasteiger partial charge on any atom is -1.00 e. The molecule has 6 heavy (non-hydrogen) atoms. The molecule has 0 fully saturated rings. The average molecular weight is 236 g/mol. The van der Waals surface area contributed by atoms with Gasteiger partial charge in [-0.1, -0.05) is 0 Å². The zero-order valence-corrected chi connectivity index (χ0v) is 8.27. The Morgan fingerprint density at radius 1 is 1.17 bits per heavy atom. The molecule has 0 aliphatic carbocycles. The zero-order chi connectivity index (χ0) is 4.50.